The summed E-state index contributed by atoms with van der Waals surface area (Å²) in [6, 6.07) is -1.20. The molecule has 5 heteroatoms. The lowest BCUT2D eigenvalue weighted by atomic mass is 10.1. The summed E-state index contributed by atoms with van der Waals surface area (Å²) in [5, 5.41) is 8.08. The fourth-order valence-corrected chi connectivity index (χ4v) is 0.376. The molecule has 0 aromatic rings. The minimum absolute atomic E-state index is 0.0214. The number of ketones is 1. The quantitative estimate of drug-likeness (QED) is 0.373. The van der Waals surface area contributed by atoms with Gasteiger partial charge in [0.05, 0.1) is 12.5 Å². The molecule has 0 rings (SSSR count). The minimum atomic E-state index is -1.20. The number of carboxylic acid groups (broad SMARTS) is 1. The first-order valence-corrected chi connectivity index (χ1v) is 2.54. The third-order valence-corrected chi connectivity index (χ3v) is 0.876. The Morgan fingerprint density at radius 1 is 1.60 bits per heavy atom. The molecule has 5 nitrogen and oxygen atoms in total. The summed E-state index contributed by atoms with van der Waals surface area (Å²) in [6.07, 6.45) is -0.481. The molecule has 0 aliphatic heterocycles. The van der Waals surface area contributed by atoms with E-state index in [9.17, 15) is 14.4 Å². The lowest BCUT2D eigenvalue weighted by Crippen LogP contribution is -2.33. The van der Waals surface area contributed by atoms with Crippen molar-refractivity contribution < 1.29 is 19.5 Å². The summed E-state index contributed by atoms with van der Waals surface area (Å²) in [5.41, 5.74) is 4.97. The van der Waals surface area contributed by atoms with Gasteiger partial charge in [0.2, 0.25) is 5.78 Å². The van der Waals surface area contributed by atoms with Crippen molar-refractivity contribution in [3.63, 3.8) is 0 Å². The number of carboxylic acids is 1. The molecule has 0 spiro atoms. The number of Topliss-reactive ketones (excluding diaryl/α,β-unsaturated/α-hetero) is 1. The Balaban J connectivity index is 3.84. The van der Waals surface area contributed by atoms with Gasteiger partial charge >= 0.3 is 5.97 Å². The maximum Gasteiger partial charge on any atom is 0.305 e. The van der Waals surface area contributed by atoms with Gasteiger partial charge in [-0.05, 0) is 0 Å². The van der Waals surface area contributed by atoms with Gasteiger partial charge in [0.15, 0.2) is 6.29 Å². The maximum atomic E-state index is 10.3. The molecule has 3 N–H and O–H groups in total. The van der Waals surface area contributed by atoms with Crippen molar-refractivity contribution in [2.75, 3.05) is 0 Å². The number of aldehydes is 1. The van der Waals surface area contributed by atoms with Gasteiger partial charge in [0.1, 0.15) is 0 Å². The highest BCUT2D eigenvalue weighted by molar-refractivity contribution is 6.27. The number of carbonyl (C=O) groups is 3. The van der Waals surface area contributed by atoms with Crippen molar-refractivity contribution in [2.45, 2.75) is 12.5 Å². The zero-order chi connectivity index (χ0) is 8.15. The van der Waals surface area contributed by atoms with E-state index in [1.165, 1.54) is 0 Å². The van der Waals surface area contributed by atoms with Crippen LogP contribution in [-0.4, -0.2) is 29.2 Å². The van der Waals surface area contributed by atoms with Gasteiger partial charge in [-0.1, -0.05) is 0 Å². The molecule has 0 fully saturated rings. The first kappa shape index (κ1) is 8.77. The summed E-state index contributed by atoms with van der Waals surface area (Å²) < 4.78 is 0. The predicted molar refractivity (Wildman–Crippen MR) is 31.3 cm³/mol. The van der Waals surface area contributed by atoms with E-state index >= 15 is 0 Å². The van der Waals surface area contributed by atoms with Gasteiger partial charge in [-0.15, -0.1) is 0 Å². The number of hydrogen-bond acceptors (Lipinski definition) is 4. The number of nitrogens with two attached hydrogens (primary N) is 1. The Morgan fingerprint density at radius 3 is 2.40 bits per heavy atom. The molecular weight excluding hydrogens is 138 g/mol. The van der Waals surface area contributed by atoms with Crippen LogP contribution in [0.2, 0.25) is 0 Å². The van der Waals surface area contributed by atoms with Crippen LogP contribution in [0.4, 0.5) is 0 Å². The molecule has 0 aliphatic rings. The third-order valence-electron chi connectivity index (χ3n) is 0.876. The van der Waals surface area contributed by atoms with Crippen LogP contribution in [0.5, 0.6) is 0 Å². The molecule has 0 aromatic heterocycles. The van der Waals surface area contributed by atoms with Crippen LogP contribution in [0.3, 0.4) is 0 Å². The van der Waals surface area contributed by atoms with E-state index in [1.54, 1.807) is 0 Å². The van der Waals surface area contributed by atoms with E-state index in [2.05, 4.69) is 0 Å². The van der Waals surface area contributed by atoms with Gasteiger partial charge in [0, 0.05) is 0 Å². The van der Waals surface area contributed by atoms with Crippen molar-refractivity contribution in [1.82, 2.24) is 0 Å². The zero-order valence-electron chi connectivity index (χ0n) is 5.11. The number of aliphatic carboxylic acids is 1. The van der Waals surface area contributed by atoms with E-state index in [0.717, 1.165) is 0 Å². The van der Waals surface area contributed by atoms with Gasteiger partial charge in [0.25, 0.3) is 0 Å². The van der Waals surface area contributed by atoms with E-state index in [1.807, 2.05) is 0 Å². The second kappa shape index (κ2) is 3.73. The monoisotopic (exact) mass is 145 g/mol. The molecule has 0 unspecified atom stereocenters. The van der Waals surface area contributed by atoms with Crippen LogP contribution in [0.15, 0.2) is 0 Å². The van der Waals surface area contributed by atoms with Crippen molar-refractivity contribution in [3.05, 3.63) is 0 Å². The molecule has 0 amide bonds. The summed E-state index contributed by atoms with van der Waals surface area (Å²) in [5.74, 6) is -2.08. The highest BCUT2D eigenvalue weighted by atomic mass is 16.4. The number of rotatable bonds is 4. The summed E-state index contributed by atoms with van der Waals surface area (Å²) in [4.78, 5) is 29.9. The molecule has 0 aromatic carbocycles. The molecule has 0 aliphatic carbocycles. The summed E-state index contributed by atoms with van der Waals surface area (Å²) >= 11 is 0. The van der Waals surface area contributed by atoms with Crippen LogP contribution in [0.25, 0.3) is 0 Å². The van der Waals surface area contributed by atoms with Crippen LogP contribution >= 0.6 is 0 Å². The van der Waals surface area contributed by atoms with E-state index in [0.29, 0.717) is 0 Å². The third kappa shape index (κ3) is 2.93. The number of carbonyl (C=O) groups excluding carboxylic acids is 2. The lowest BCUT2D eigenvalue weighted by molar-refractivity contribution is -0.139. The smallest absolute Gasteiger partial charge is 0.305 e. The second-order valence-corrected chi connectivity index (χ2v) is 1.72. The molecular formula is C5H7NO4. The van der Waals surface area contributed by atoms with Gasteiger partial charge in [-0.2, -0.15) is 0 Å². The molecule has 0 saturated heterocycles. The highest BCUT2D eigenvalue weighted by Gasteiger charge is 2.15. The Bertz CT molecular complexity index is 165. The van der Waals surface area contributed by atoms with Crippen LogP contribution < -0.4 is 5.73 Å². The molecule has 56 valence electrons. The fraction of sp³-hybridized carbons (Fsp3) is 0.400. The number of hydrogen-bond donors (Lipinski definition) is 2. The predicted octanol–water partition coefficient (Wildman–Crippen LogP) is -1.44. The molecule has 0 heterocycles. The van der Waals surface area contributed by atoms with Gasteiger partial charge in [-0.25, -0.2) is 0 Å². The Kier molecular flexibility index (Phi) is 3.27. The van der Waals surface area contributed by atoms with Crippen LogP contribution in [0, 0.1) is 0 Å². The molecule has 0 saturated carbocycles. The molecule has 0 bridgehead atoms. The Labute approximate surface area is 56.8 Å². The minimum Gasteiger partial charge on any atom is -0.481 e. The SMILES string of the molecule is N[C@@H](CC(=O)O)C(=O)C=O. The normalized spacial score (nSPS) is 12.1. The first-order valence-electron chi connectivity index (χ1n) is 2.54. The zero-order valence-corrected chi connectivity index (χ0v) is 5.11. The molecule has 1 atom stereocenters. The van der Waals surface area contributed by atoms with Crippen molar-refractivity contribution >= 4 is 18.0 Å². The first-order chi connectivity index (χ1) is 4.57. The van der Waals surface area contributed by atoms with Gasteiger partial charge in [-0.3, -0.25) is 14.4 Å². The topological polar surface area (TPSA) is 97.5 Å². The average Bonchev–Trinajstić information content (AvgIpc) is 1.85. The van der Waals surface area contributed by atoms with E-state index in [-0.39, 0.29) is 6.29 Å². The Morgan fingerprint density at radius 2 is 2.10 bits per heavy atom. The van der Waals surface area contributed by atoms with Crippen molar-refractivity contribution in [2.24, 2.45) is 5.73 Å². The van der Waals surface area contributed by atoms with Crippen molar-refractivity contribution in [3.8, 4) is 0 Å². The molecule has 10 heavy (non-hydrogen) atoms. The van der Waals surface area contributed by atoms with E-state index < -0.39 is 24.2 Å². The average molecular weight is 145 g/mol. The highest BCUT2D eigenvalue weighted by Crippen LogP contribution is 1.87. The largest absolute Gasteiger partial charge is 0.481 e. The second-order valence-electron chi connectivity index (χ2n) is 1.72. The summed E-state index contributed by atoms with van der Waals surface area (Å²) in [6.45, 7) is 0. The van der Waals surface area contributed by atoms with Crippen LogP contribution in [0.1, 0.15) is 6.42 Å². The van der Waals surface area contributed by atoms with Gasteiger partial charge < -0.3 is 10.8 Å². The fourth-order valence-electron chi connectivity index (χ4n) is 0.376. The Hall–Kier alpha value is -1.23. The summed E-state index contributed by atoms with van der Waals surface area (Å²) in [7, 11) is 0. The molecule has 0 radical (unpaired) electrons. The lowest BCUT2D eigenvalue weighted by Gasteiger charge is -1.99. The van der Waals surface area contributed by atoms with E-state index in [4.69, 9.17) is 10.8 Å². The maximum absolute atomic E-state index is 10.3. The van der Waals surface area contributed by atoms with Crippen LogP contribution in [-0.2, 0) is 14.4 Å². The van der Waals surface area contributed by atoms with Crippen molar-refractivity contribution in [1.29, 1.82) is 0 Å². The standard InChI is InChI=1S/C5H7NO4/c6-3(1-5(9)10)4(8)2-7/h2-3H,1,6H2,(H,9,10)/t3-/m0/s1.